The quantitative estimate of drug-likeness (QED) is 0.560. The topological polar surface area (TPSA) is 79.8 Å². The lowest BCUT2D eigenvalue weighted by atomic mass is 10.2. The number of carbonyl (C=O) groups excluding carboxylic acids is 1. The Balaban J connectivity index is 2.35. The number of hydrogen-bond donors (Lipinski definition) is 0. The lowest BCUT2D eigenvalue weighted by Crippen LogP contribution is -2.07. The van der Waals surface area contributed by atoms with Gasteiger partial charge in [0.25, 0.3) is 0 Å². The van der Waals surface area contributed by atoms with Crippen LogP contribution < -0.4 is 14.2 Å². The number of benzene rings is 1. The first-order valence-corrected chi connectivity index (χ1v) is 7.19. The molecule has 0 aliphatic heterocycles. The predicted molar refractivity (Wildman–Crippen MR) is 87.1 cm³/mol. The molecule has 0 amide bonds. The maximum atomic E-state index is 12.1. The van der Waals surface area contributed by atoms with Crippen molar-refractivity contribution in [2.75, 3.05) is 20.8 Å². The standard InChI is InChI=1S/C16H15ClN2O5/c1-4-9-23-15(20)10-7-5-6-8-11(10)24-16-18-13(21-2)12(17)14(19-16)22-3/h4-8H,1,9H2,2-3H3. The molecule has 0 N–H and O–H groups in total. The first kappa shape index (κ1) is 17.6. The molecular formula is C16H15ClN2O5. The molecule has 0 spiro atoms. The van der Waals surface area contributed by atoms with Gasteiger partial charge in [0, 0.05) is 0 Å². The third-order valence-corrected chi connectivity index (χ3v) is 3.12. The second-order valence-corrected chi connectivity index (χ2v) is 4.70. The maximum Gasteiger partial charge on any atom is 0.342 e. The number of hydrogen-bond acceptors (Lipinski definition) is 7. The summed E-state index contributed by atoms with van der Waals surface area (Å²) >= 11 is 6.01. The first-order chi connectivity index (χ1) is 11.6. The Labute approximate surface area is 143 Å². The lowest BCUT2D eigenvalue weighted by Gasteiger charge is -2.11. The van der Waals surface area contributed by atoms with Gasteiger partial charge in [-0.25, -0.2) is 4.79 Å². The SMILES string of the molecule is C=CCOC(=O)c1ccccc1Oc1nc(OC)c(Cl)c(OC)n1. The highest BCUT2D eigenvalue weighted by Crippen LogP contribution is 2.34. The molecule has 24 heavy (non-hydrogen) atoms. The average Bonchev–Trinajstić information content (AvgIpc) is 2.61. The second-order valence-electron chi connectivity index (χ2n) is 4.32. The van der Waals surface area contributed by atoms with Gasteiger partial charge in [-0.3, -0.25) is 0 Å². The van der Waals surface area contributed by atoms with E-state index in [4.69, 9.17) is 30.5 Å². The van der Waals surface area contributed by atoms with Crippen molar-refractivity contribution in [2.24, 2.45) is 0 Å². The largest absolute Gasteiger partial charge is 0.480 e. The van der Waals surface area contributed by atoms with E-state index in [1.165, 1.54) is 20.3 Å². The summed E-state index contributed by atoms with van der Waals surface area (Å²) in [6.45, 7) is 3.58. The van der Waals surface area contributed by atoms with E-state index in [1.54, 1.807) is 24.3 Å². The highest BCUT2D eigenvalue weighted by atomic mass is 35.5. The summed E-state index contributed by atoms with van der Waals surface area (Å²) < 4.78 is 20.7. The zero-order chi connectivity index (χ0) is 17.5. The highest BCUT2D eigenvalue weighted by molar-refractivity contribution is 6.33. The number of methoxy groups -OCH3 is 2. The molecule has 7 nitrogen and oxygen atoms in total. The number of rotatable bonds is 7. The van der Waals surface area contributed by atoms with Gasteiger partial charge in [-0.05, 0) is 12.1 Å². The van der Waals surface area contributed by atoms with Crippen LogP contribution in [0.25, 0.3) is 0 Å². The minimum absolute atomic E-state index is 0.0860. The Morgan fingerprint density at radius 3 is 2.42 bits per heavy atom. The molecule has 0 aliphatic rings. The van der Waals surface area contributed by atoms with Crippen molar-refractivity contribution in [1.82, 2.24) is 9.97 Å². The molecule has 0 fully saturated rings. The Kier molecular flexibility index (Phi) is 5.97. The van der Waals surface area contributed by atoms with E-state index >= 15 is 0 Å². The van der Waals surface area contributed by atoms with Crippen molar-refractivity contribution in [1.29, 1.82) is 0 Å². The summed E-state index contributed by atoms with van der Waals surface area (Å²) in [5.41, 5.74) is 0.218. The van der Waals surface area contributed by atoms with E-state index in [0.29, 0.717) is 0 Å². The molecule has 2 aromatic rings. The van der Waals surface area contributed by atoms with Crippen molar-refractivity contribution >= 4 is 17.6 Å². The zero-order valence-electron chi connectivity index (χ0n) is 13.1. The molecule has 0 saturated carbocycles. The predicted octanol–water partition coefficient (Wildman–Crippen LogP) is 3.28. The summed E-state index contributed by atoms with van der Waals surface area (Å²) in [5.74, 6) is -0.160. The van der Waals surface area contributed by atoms with E-state index in [9.17, 15) is 4.79 Å². The monoisotopic (exact) mass is 350 g/mol. The molecule has 0 atom stereocenters. The van der Waals surface area contributed by atoms with Crippen LogP contribution in [0.1, 0.15) is 10.4 Å². The van der Waals surface area contributed by atoms with Crippen LogP contribution in [0.15, 0.2) is 36.9 Å². The van der Waals surface area contributed by atoms with Crippen molar-refractivity contribution in [3.05, 3.63) is 47.5 Å². The number of esters is 1. The molecule has 0 unspecified atom stereocenters. The summed E-state index contributed by atoms with van der Waals surface area (Å²) in [5, 5.41) is 0.117. The van der Waals surface area contributed by atoms with Crippen LogP contribution in [0, 0.1) is 0 Å². The van der Waals surface area contributed by atoms with Crippen LogP contribution in [0.5, 0.6) is 23.5 Å². The van der Waals surface area contributed by atoms with Crippen LogP contribution in [-0.2, 0) is 4.74 Å². The van der Waals surface area contributed by atoms with Gasteiger partial charge in [0.1, 0.15) is 17.9 Å². The van der Waals surface area contributed by atoms with Crippen molar-refractivity contribution in [3.63, 3.8) is 0 Å². The highest BCUT2D eigenvalue weighted by Gasteiger charge is 2.18. The molecule has 0 aliphatic carbocycles. The minimum atomic E-state index is -0.557. The van der Waals surface area contributed by atoms with Crippen LogP contribution >= 0.6 is 11.6 Å². The van der Waals surface area contributed by atoms with Gasteiger partial charge in [-0.15, -0.1) is 0 Å². The molecule has 0 radical (unpaired) electrons. The van der Waals surface area contributed by atoms with Crippen LogP contribution in [-0.4, -0.2) is 36.8 Å². The van der Waals surface area contributed by atoms with Crippen molar-refractivity contribution in [3.8, 4) is 23.5 Å². The van der Waals surface area contributed by atoms with Gasteiger partial charge in [0.15, 0.2) is 5.02 Å². The Morgan fingerprint density at radius 2 is 1.83 bits per heavy atom. The Morgan fingerprint density at radius 1 is 1.21 bits per heavy atom. The number of aromatic nitrogens is 2. The summed E-state index contributed by atoms with van der Waals surface area (Å²) in [6.07, 6.45) is 1.47. The molecule has 0 saturated heterocycles. The van der Waals surface area contributed by atoms with Crippen LogP contribution in [0.2, 0.25) is 5.02 Å². The first-order valence-electron chi connectivity index (χ1n) is 6.81. The molecule has 1 heterocycles. The fourth-order valence-corrected chi connectivity index (χ4v) is 1.98. The Bertz CT molecular complexity index is 726. The zero-order valence-corrected chi connectivity index (χ0v) is 13.9. The third-order valence-electron chi connectivity index (χ3n) is 2.80. The van der Waals surface area contributed by atoms with E-state index in [1.807, 2.05) is 0 Å². The second kappa shape index (κ2) is 8.16. The maximum absolute atomic E-state index is 12.1. The van der Waals surface area contributed by atoms with Crippen molar-refractivity contribution < 1.29 is 23.7 Å². The lowest BCUT2D eigenvalue weighted by molar-refractivity contribution is 0.0547. The summed E-state index contributed by atoms with van der Waals surface area (Å²) in [6, 6.07) is 6.44. The molecule has 8 heteroatoms. The number of nitrogens with zero attached hydrogens (tertiary/aromatic N) is 2. The smallest absolute Gasteiger partial charge is 0.342 e. The van der Waals surface area contributed by atoms with Crippen molar-refractivity contribution in [2.45, 2.75) is 0 Å². The van der Waals surface area contributed by atoms with E-state index in [2.05, 4.69) is 16.5 Å². The fourth-order valence-electron chi connectivity index (χ4n) is 1.74. The minimum Gasteiger partial charge on any atom is -0.480 e. The molecule has 126 valence electrons. The molecule has 2 rings (SSSR count). The summed E-state index contributed by atoms with van der Waals surface area (Å²) in [7, 11) is 2.80. The van der Waals surface area contributed by atoms with Gasteiger partial charge in [-0.2, -0.15) is 9.97 Å². The molecule has 1 aromatic heterocycles. The number of carbonyl (C=O) groups is 1. The van der Waals surface area contributed by atoms with Gasteiger partial charge in [0.2, 0.25) is 11.8 Å². The van der Waals surface area contributed by atoms with E-state index in [0.717, 1.165) is 0 Å². The van der Waals surface area contributed by atoms with Gasteiger partial charge in [0.05, 0.1) is 14.2 Å². The third kappa shape index (κ3) is 3.94. The summed E-state index contributed by atoms with van der Waals surface area (Å²) in [4.78, 5) is 20.1. The average molecular weight is 351 g/mol. The van der Waals surface area contributed by atoms with Gasteiger partial charge in [-0.1, -0.05) is 36.4 Å². The number of para-hydroxylation sites is 1. The Hall–Kier alpha value is -2.80. The van der Waals surface area contributed by atoms with Gasteiger partial charge < -0.3 is 18.9 Å². The number of halogens is 1. The van der Waals surface area contributed by atoms with Crippen LogP contribution in [0.4, 0.5) is 0 Å². The van der Waals surface area contributed by atoms with Crippen LogP contribution in [0.3, 0.4) is 0 Å². The normalized spacial score (nSPS) is 9.96. The molecule has 0 bridgehead atoms. The van der Waals surface area contributed by atoms with E-state index in [-0.39, 0.29) is 40.7 Å². The molecular weight excluding hydrogens is 336 g/mol. The number of ether oxygens (including phenoxy) is 4. The molecule has 1 aromatic carbocycles. The van der Waals surface area contributed by atoms with E-state index < -0.39 is 5.97 Å². The van der Waals surface area contributed by atoms with Gasteiger partial charge >= 0.3 is 12.0 Å². The fraction of sp³-hybridized carbons (Fsp3) is 0.188.